The third-order valence-corrected chi connectivity index (χ3v) is 3.72. The van der Waals surface area contributed by atoms with Crippen molar-refractivity contribution in [2.75, 3.05) is 13.2 Å². The first-order valence-electron chi connectivity index (χ1n) is 9.39. The number of rotatable bonds is 14. The molecule has 0 aliphatic carbocycles. The van der Waals surface area contributed by atoms with Crippen molar-refractivity contribution in [3.05, 3.63) is 0 Å². The van der Waals surface area contributed by atoms with E-state index >= 15 is 0 Å². The number of unbranched alkanes of at least 4 members (excludes halogenated alkanes) is 10. The summed E-state index contributed by atoms with van der Waals surface area (Å²) in [7, 11) is 0. The molecule has 0 spiro atoms. The molecule has 1 radical (unpaired) electrons. The molecule has 0 aliphatic heterocycles. The number of thiocarbonyl (C=S) groups is 2. The van der Waals surface area contributed by atoms with Crippen molar-refractivity contribution in [1.82, 2.24) is 0 Å². The molecule has 4 N–H and O–H groups in total. The van der Waals surface area contributed by atoms with Gasteiger partial charge in [-0.3, -0.25) is 0 Å². The van der Waals surface area contributed by atoms with Crippen molar-refractivity contribution in [2.24, 2.45) is 11.5 Å². The van der Waals surface area contributed by atoms with Crippen LogP contribution in [0, 0.1) is 0 Å². The van der Waals surface area contributed by atoms with Gasteiger partial charge in [-0.05, 0) is 37.3 Å². The maximum Gasteiger partial charge on any atom is 0.253 e. The van der Waals surface area contributed by atoms with Crippen LogP contribution in [0.1, 0.15) is 90.9 Å². The summed E-state index contributed by atoms with van der Waals surface area (Å²) in [6, 6.07) is 0. The molecule has 0 aromatic heterocycles. The molecule has 0 bridgehead atoms. The third kappa shape index (κ3) is 35.8. The topological polar surface area (TPSA) is 70.5 Å². The van der Waals surface area contributed by atoms with Gasteiger partial charge in [0.15, 0.2) is 0 Å². The summed E-state index contributed by atoms with van der Waals surface area (Å²) in [5.41, 5.74) is 10.3. The third-order valence-electron chi connectivity index (χ3n) is 3.48. The van der Waals surface area contributed by atoms with Crippen LogP contribution in [-0.2, 0) is 26.5 Å². The predicted molar refractivity (Wildman–Crippen MR) is 112 cm³/mol. The van der Waals surface area contributed by atoms with Gasteiger partial charge >= 0.3 is 0 Å². The van der Waals surface area contributed by atoms with Gasteiger partial charge in [-0.1, -0.05) is 78.1 Å². The van der Waals surface area contributed by atoms with Crippen LogP contribution in [-0.4, -0.2) is 23.6 Å². The number of nitrogens with two attached hydrogens (primary N) is 2. The summed E-state index contributed by atoms with van der Waals surface area (Å²) in [4.78, 5) is 0. The molecule has 0 unspecified atom stereocenters. The minimum absolute atomic E-state index is 0. The molecule has 0 amide bonds. The molecule has 0 rings (SSSR count). The minimum Gasteiger partial charge on any atom is -0.471 e. The van der Waals surface area contributed by atoms with Gasteiger partial charge in [-0.15, -0.1) is 0 Å². The molecule has 0 heterocycles. The molecule has 0 saturated heterocycles. The average molecular weight is 442 g/mol. The second-order valence-electron chi connectivity index (χ2n) is 5.87. The van der Waals surface area contributed by atoms with Gasteiger partial charge in [0, 0.05) is 17.1 Å². The van der Waals surface area contributed by atoms with Gasteiger partial charge < -0.3 is 20.9 Å². The molecule has 0 aromatic carbocycles. The fourth-order valence-corrected chi connectivity index (χ4v) is 2.28. The molecule has 4 nitrogen and oxygen atoms in total. The van der Waals surface area contributed by atoms with Crippen molar-refractivity contribution in [3.63, 3.8) is 0 Å². The summed E-state index contributed by atoms with van der Waals surface area (Å²) in [6.45, 7) is 5.80. The van der Waals surface area contributed by atoms with Crippen LogP contribution >= 0.6 is 24.4 Å². The van der Waals surface area contributed by atoms with Gasteiger partial charge in [0.1, 0.15) is 0 Å². The Morgan fingerprint density at radius 3 is 1.16 bits per heavy atom. The van der Waals surface area contributed by atoms with Crippen LogP contribution in [0.25, 0.3) is 0 Å². The molecular formula is C18H38CuN2O2S2. The fourth-order valence-electron chi connectivity index (χ4n) is 2.11. The number of hydrogen-bond acceptors (Lipinski definition) is 4. The van der Waals surface area contributed by atoms with E-state index in [1.807, 2.05) is 0 Å². The van der Waals surface area contributed by atoms with Crippen molar-refractivity contribution >= 4 is 34.8 Å². The van der Waals surface area contributed by atoms with E-state index in [2.05, 4.69) is 38.3 Å². The summed E-state index contributed by atoms with van der Waals surface area (Å²) in [5, 5.41) is 0.340. The Hall–Kier alpha value is -0.101. The van der Waals surface area contributed by atoms with Gasteiger partial charge in [0.05, 0.1) is 13.2 Å². The van der Waals surface area contributed by atoms with E-state index in [0.29, 0.717) is 13.2 Å². The Bertz CT molecular complexity index is 268. The van der Waals surface area contributed by atoms with Gasteiger partial charge in [-0.25, -0.2) is 0 Å². The summed E-state index contributed by atoms with van der Waals surface area (Å²) < 4.78 is 9.92. The molecule has 7 heteroatoms. The zero-order valence-electron chi connectivity index (χ0n) is 16.0. The second kappa shape index (κ2) is 26.1. The largest absolute Gasteiger partial charge is 0.471 e. The number of hydrogen-bond donors (Lipinski definition) is 2. The zero-order chi connectivity index (χ0) is 18.5. The van der Waals surface area contributed by atoms with E-state index in [0.717, 1.165) is 12.8 Å². The fraction of sp³-hybridized carbons (Fsp3) is 0.889. The van der Waals surface area contributed by atoms with E-state index in [4.69, 9.17) is 20.9 Å². The molecule has 0 aromatic rings. The smallest absolute Gasteiger partial charge is 0.253 e. The minimum atomic E-state index is 0. The standard InChI is InChI=1S/2C9H19NOS.Cu/c2*1-2-3-4-5-6-7-8-11-9(10)12;/h2*2-8H2,1H3,(H2,10,12);. The molecule has 155 valence electrons. The number of ether oxygens (including phenoxy) is 2. The molecule has 0 aliphatic rings. The first-order chi connectivity index (χ1) is 11.5. The summed E-state index contributed by atoms with van der Waals surface area (Å²) in [6.07, 6.45) is 15.1. The SMILES string of the molecule is CCCCCCCCOC(N)=S.CCCCCCCCOC(N)=S.[Cu]. The summed E-state index contributed by atoms with van der Waals surface area (Å²) >= 11 is 9.14. The molecule has 0 saturated carbocycles. The Labute approximate surface area is 176 Å². The molecule has 25 heavy (non-hydrogen) atoms. The predicted octanol–water partition coefficient (Wildman–Crippen LogP) is 5.21. The van der Waals surface area contributed by atoms with Crippen LogP contribution in [0.5, 0.6) is 0 Å². The maximum absolute atomic E-state index is 5.16. The maximum atomic E-state index is 5.16. The normalized spacial score (nSPS) is 9.36. The van der Waals surface area contributed by atoms with Crippen molar-refractivity contribution in [3.8, 4) is 0 Å². The first kappa shape index (κ1) is 29.7. The molecular weight excluding hydrogens is 404 g/mol. The Kier molecular flexibility index (Phi) is 31.0. The van der Waals surface area contributed by atoms with Crippen LogP contribution in [0.15, 0.2) is 0 Å². The quantitative estimate of drug-likeness (QED) is 0.219. The zero-order valence-corrected chi connectivity index (χ0v) is 18.6. The molecule has 0 atom stereocenters. The van der Waals surface area contributed by atoms with E-state index in [1.165, 1.54) is 64.2 Å². The van der Waals surface area contributed by atoms with Crippen LogP contribution in [0.4, 0.5) is 0 Å². The van der Waals surface area contributed by atoms with Crippen molar-refractivity contribution in [1.29, 1.82) is 0 Å². The van der Waals surface area contributed by atoms with Gasteiger partial charge in [0.2, 0.25) is 0 Å². The first-order valence-corrected chi connectivity index (χ1v) is 10.2. The van der Waals surface area contributed by atoms with Crippen molar-refractivity contribution in [2.45, 2.75) is 90.9 Å². The van der Waals surface area contributed by atoms with Crippen LogP contribution in [0.2, 0.25) is 0 Å². The van der Waals surface area contributed by atoms with Crippen molar-refractivity contribution < 1.29 is 26.5 Å². The van der Waals surface area contributed by atoms with E-state index in [-0.39, 0.29) is 27.4 Å². The van der Waals surface area contributed by atoms with Crippen LogP contribution < -0.4 is 11.5 Å². The van der Waals surface area contributed by atoms with Gasteiger partial charge in [-0.2, -0.15) is 0 Å². The van der Waals surface area contributed by atoms with E-state index < -0.39 is 0 Å². The molecule has 0 fully saturated rings. The Morgan fingerprint density at radius 1 is 0.600 bits per heavy atom. The Morgan fingerprint density at radius 2 is 0.880 bits per heavy atom. The van der Waals surface area contributed by atoms with E-state index in [1.54, 1.807) is 0 Å². The second-order valence-corrected chi connectivity index (χ2v) is 6.68. The van der Waals surface area contributed by atoms with Gasteiger partial charge in [0.25, 0.3) is 10.3 Å². The summed E-state index contributed by atoms with van der Waals surface area (Å²) in [5.74, 6) is 0. The van der Waals surface area contributed by atoms with Crippen LogP contribution in [0.3, 0.4) is 0 Å². The monoisotopic (exact) mass is 441 g/mol. The average Bonchev–Trinajstić information content (AvgIpc) is 2.53. The van der Waals surface area contributed by atoms with E-state index in [9.17, 15) is 0 Å². The Balaban J connectivity index is -0.000000372.